The fourth-order valence-electron chi connectivity index (χ4n) is 2.39. The SMILES string of the molecule is NCC(F)(F)c1ncc(C#Cc2ccc(Oc3ncc(C(F)(F)F)cc3Cl)cc2)cc1Cl. The maximum Gasteiger partial charge on any atom is 0.417 e. The summed E-state index contributed by atoms with van der Waals surface area (Å²) in [5.74, 6) is 2.28. The first kappa shape index (κ1) is 23.7. The van der Waals surface area contributed by atoms with E-state index in [2.05, 4.69) is 21.8 Å². The van der Waals surface area contributed by atoms with E-state index >= 15 is 0 Å². The van der Waals surface area contributed by atoms with Crippen LogP contribution in [0.1, 0.15) is 22.4 Å². The van der Waals surface area contributed by atoms with E-state index in [1.165, 1.54) is 18.2 Å². The van der Waals surface area contributed by atoms with Gasteiger partial charge in [0.25, 0.3) is 0 Å². The van der Waals surface area contributed by atoms with E-state index in [1.54, 1.807) is 12.1 Å². The Morgan fingerprint density at radius 3 is 2.09 bits per heavy atom. The second-order valence-electron chi connectivity index (χ2n) is 6.35. The van der Waals surface area contributed by atoms with Crippen LogP contribution in [0.15, 0.2) is 48.8 Å². The summed E-state index contributed by atoms with van der Waals surface area (Å²) in [6.07, 6.45) is -2.79. The van der Waals surface area contributed by atoms with Crippen molar-refractivity contribution < 1.29 is 26.7 Å². The van der Waals surface area contributed by atoms with Gasteiger partial charge < -0.3 is 10.5 Å². The van der Waals surface area contributed by atoms with Gasteiger partial charge in [-0.05, 0) is 36.4 Å². The van der Waals surface area contributed by atoms with Crippen molar-refractivity contribution in [1.29, 1.82) is 0 Å². The van der Waals surface area contributed by atoms with Gasteiger partial charge in [-0.15, -0.1) is 0 Å². The Hall–Kier alpha value is -2.93. The van der Waals surface area contributed by atoms with Crippen molar-refractivity contribution in [3.8, 4) is 23.5 Å². The lowest BCUT2D eigenvalue weighted by Gasteiger charge is -2.14. The molecule has 2 N–H and O–H groups in total. The standard InChI is InChI=1S/C21H12Cl2F5N3O/c22-16-7-13(9-30-18(16)20(24,25)11-29)2-1-12-3-5-15(6-4-12)32-19-17(23)8-14(10-31-19)21(26,27)28/h3-10H,11,29H2. The monoisotopic (exact) mass is 487 g/mol. The number of pyridine rings is 2. The number of nitrogens with two attached hydrogens (primary N) is 1. The molecule has 0 unspecified atom stereocenters. The Labute approximate surface area is 189 Å². The number of hydrogen-bond acceptors (Lipinski definition) is 4. The van der Waals surface area contributed by atoms with Crippen molar-refractivity contribution in [2.45, 2.75) is 12.1 Å². The molecule has 3 aromatic rings. The van der Waals surface area contributed by atoms with Crippen molar-refractivity contribution in [2.75, 3.05) is 6.54 Å². The van der Waals surface area contributed by atoms with Crippen molar-refractivity contribution in [1.82, 2.24) is 9.97 Å². The van der Waals surface area contributed by atoms with E-state index in [0.717, 1.165) is 12.3 Å². The number of halogens is 7. The first-order chi connectivity index (χ1) is 15.0. The predicted molar refractivity (Wildman–Crippen MR) is 109 cm³/mol. The summed E-state index contributed by atoms with van der Waals surface area (Å²) in [6.45, 7) is -0.924. The summed E-state index contributed by atoms with van der Waals surface area (Å²) < 4.78 is 70.7. The molecule has 0 saturated carbocycles. The fraction of sp³-hybridized carbons (Fsp3) is 0.143. The molecule has 2 heterocycles. The molecular weight excluding hydrogens is 476 g/mol. The topological polar surface area (TPSA) is 61.0 Å². The molecule has 0 aliphatic carbocycles. The lowest BCUT2D eigenvalue weighted by atomic mass is 10.1. The molecule has 3 rings (SSSR count). The highest BCUT2D eigenvalue weighted by atomic mass is 35.5. The summed E-state index contributed by atoms with van der Waals surface area (Å²) in [5.41, 5.74) is 4.27. The van der Waals surface area contributed by atoms with Crippen LogP contribution in [0.5, 0.6) is 11.6 Å². The summed E-state index contributed by atoms with van der Waals surface area (Å²) in [4.78, 5) is 7.24. The molecule has 32 heavy (non-hydrogen) atoms. The number of benzene rings is 1. The Morgan fingerprint density at radius 2 is 1.53 bits per heavy atom. The van der Waals surface area contributed by atoms with Gasteiger partial charge in [0.15, 0.2) is 0 Å². The van der Waals surface area contributed by atoms with Crippen molar-refractivity contribution in [3.05, 3.63) is 81.2 Å². The minimum atomic E-state index is -4.57. The maximum atomic E-state index is 13.6. The smallest absolute Gasteiger partial charge is 0.417 e. The zero-order valence-electron chi connectivity index (χ0n) is 15.9. The van der Waals surface area contributed by atoms with Crippen LogP contribution in [0.25, 0.3) is 0 Å². The van der Waals surface area contributed by atoms with E-state index in [9.17, 15) is 22.0 Å². The second-order valence-corrected chi connectivity index (χ2v) is 7.16. The van der Waals surface area contributed by atoms with Gasteiger partial charge in [0.1, 0.15) is 16.5 Å². The summed E-state index contributed by atoms with van der Waals surface area (Å²) >= 11 is 11.7. The summed E-state index contributed by atoms with van der Waals surface area (Å²) in [5, 5.41) is -0.548. The molecule has 4 nitrogen and oxygen atoms in total. The minimum Gasteiger partial charge on any atom is -0.438 e. The van der Waals surface area contributed by atoms with Gasteiger partial charge in [0.05, 0.1) is 17.1 Å². The molecule has 0 amide bonds. The Morgan fingerprint density at radius 1 is 0.875 bits per heavy atom. The van der Waals surface area contributed by atoms with Crippen LogP contribution in [0.2, 0.25) is 10.0 Å². The lowest BCUT2D eigenvalue weighted by Crippen LogP contribution is -2.26. The molecule has 0 spiro atoms. The quantitative estimate of drug-likeness (QED) is 0.359. The number of alkyl halides is 5. The molecule has 166 valence electrons. The van der Waals surface area contributed by atoms with E-state index in [1.807, 2.05) is 0 Å². The lowest BCUT2D eigenvalue weighted by molar-refractivity contribution is -0.137. The summed E-state index contributed by atoms with van der Waals surface area (Å²) in [7, 11) is 0. The van der Waals surface area contributed by atoms with Gasteiger partial charge in [-0.25, -0.2) is 4.98 Å². The second kappa shape index (κ2) is 9.28. The van der Waals surface area contributed by atoms with Crippen molar-refractivity contribution in [3.63, 3.8) is 0 Å². The average molecular weight is 488 g/mol. The minimum absolute atomic E-state index is 0.186. The van der Waals surface area contributed by atoms with Gasteiger partial charge in [0, 0.05) is 23.5 Å². The van der Waals surface area contributed by atoms with E-state index in [4.69, 9.17) is 33.7 Å². The number of hydrogen-bond donors (Lipinski definition) is 1. The number of rotatable bonds is 4. The molecule has 2 aromatic heterocycles. The van der Waals surface area contributed by atoms with Crippen molar-refractivity contribution >= 4 is 23.2 Å². The molecule has 0 bridgehead atoms. The third kappa shape index (κ3) is 5.65. The van der Waals surface area contributed by atoms with Crippen LogP contribution in [-0.2, 0) is 12.1 Å². The fourth-order valence-corrected chi connectivity index (χ4v) is 2.90. The predicted octanol–water partition coefficient (Wildman–Crippen LogP) is 6.04. The average Bonchev–Trinajstić information content (AvgIpc) is 2.73. The number of aromatic nitrogens is 2. The molecule has 0 saturated heterocycles. The molecule has 1 aromatic carbocycles. The van der Waals surface area contributed by atoms with Crippen LogP contribution in [-0.4, -0.2) is 16.5 Å². The highest BCUT2D eigenvalue weighted by molar-refractivity contribution is 6.32. The molecule has 0 radical (unpaired) electrons. The van der Waals surface area contributed by atoms with E-state index in [-0.39, 0.29) is 21.7 Å². The third-order valence-electron chi connectivity index (χ3n) is 4.00. The third-order valence-corrected chi connectivity index (χ3v) is 4.56. The molecule has 0 atom stereocenters. The van der Waals surface area contributed by atoms with E-state index < -0.39 is 29.9 Å². The van der Waals surface area contributed by atoms with Crippen LogP contribution >= 0.6 is 23.2 Å². The Balaban J connectivity index is 1.73. The van der Waals surface area contributed by atoms with Crippen LogP contribution in [0.3, 0.4) is 0 Å². The van der Waals surface area contributed by atoms with Crippen LogP contribution in [0.4, 0.5) is 22.0 Å². The van der Waals surface area contributed by atoms with Crippen molar-refractivity contribution in [2.24, 2.45) is 5.73 Å². The molecule has 0 aliphatic rings. The first-order valence-corrected chi connectivity index (χ1v) is 9.52. The summed E-state index contributed by atoms with van der Waals surface area (Å²) in [6, 6.07) is 8.15. The van der Waals surface area contributed by atoms with Crippen LogP contribution in [0, 0.1) is 11.8 Å². The molecule has 11 heteroatoms. The number of ether oxygens (including phenoxy) is 1. The zero-order chi connectivity index (χ0) is 23.5. The van der Waals surface area contributed by atoms with Gasteiger partial charge in [0.2, 0.25) is 5.88 Å². The molecule has 0 aliphatic heterocycles. The van der Waals surface area contributed by atoms with Crippen LogP contribution < -0.4 is 10.5 Å². The van der Waals surface area contributed by atoms with Gasteiger partial charge >= 0.3 is 12.1 Å². The van der Waals surface area contributed by atoms with Gasteiger partial charge in [-0.1, -0.05) is 35.0 Å². The first-order valence-electron chi connectivity index (χ1n) is 8.76. The highest BCUT2D eigenvalue weighted by Gasteiger charge is 2.34. The largest absolute Gasteiger partial charge is 0.438 e. The molecule has 0 fully saturated rings. The zero-order valence-corrected chi connectivity index (χ0v) is 17.4. The van der Waals surface area contributed by atoms with E-state index in [0.29, 0.717) is 17.3 Å². The molecular formula is C21H12Cl2F5N3O. The Kier molecular flexibility index (Phi) is 6.88. The van der Waals surface area contributed by atoms with Gasteiger partial charge in [-0.3, -0.25) is 4.98 Å². The number of nitrogens with zero attached hydrogens (tertiary/aromatic N) is 2. The highest BCUT2D eigenvalue weighted by Crippen LogP contribution is 2.34. The normalized spacial score (nSPS) is 11.6. The van der Waals surface area contributed by atoms with Gasteiger partial charge in [-0.2, -0.15) is 22.0 Å². The maximum absolute atomic E-state index is 13.6. The Bertz CT molecular complexity index is 1190.